The van der Waals surface area contributed by atoms with Gasteiger partial charge < -0.3 is 0 Å². The Morgan fingerprint density at radius 3 is 1.45 bits per heavy atom. The SMILES string of the molecule is CC(C)(C(F)(F)F)S(=O)(=O)Cl. The summed E-state index contributed by atoms with van der Waals surface area (Å²) in [7, 11) is -0.0512. The maximum absolute atomic E-state index is 11.9. The lowest BCUT2D eigenvalue weighted by atomic mass is 10.2. The van der Waals surface area contributed by atoms with E-state index in [4.69, 9.17) is 0 Å². The van der Waals surface area contributed by atoms with Crippen molar-refractivity contribution in [1.29, 1.82) is 0 Å². The van der Waals surface area contributed by atoms with Gasteiger partial charge in [-0.3, -0.25) is 0 Å². The van der Waals surface area contributed by atoms with Gasteiger partial charge in [-0.05, 0) is 13.8 Å². The predicted molar refractivity (Wildman–Crippen MR) is 34.9 cm³/mol. The van der Waals surface area contributed by atoms with Gasteiger partial charge in [0.05, 0.1) is 0 Å². The Kier molecular flexibility index (Phi) is 2.52. The highest BCUT2D eigenvalue weighted by Crippen LogP contribution is 2.38. The van der Waals surface area contributed by atoms with E-state index in [0.29, 0.717) is 13.8 Å². The summed E-state index contributed by atoms with van der Waals surface area (Å²) >= 11 is 0. The molecule has 0 saturated carbocycles. The van der Waals surface area contributed by atoms with E-state index in [1.807, 2.05) is 0 Å². The van der Waals surface area contributed by atoms with Gasteiger partial charge in [-0.2, -0.15) is 13.2 Å². The molecule has 0 N–H and O–H groups in total. The van der Waals surface area contributed by atoms with Crippen molar-refractivity contribution in [2.75, 3.05) is 0 Å². The monoisotopic (exact) mass is 210 g/mol. The van der Waals surface area contributed by atoms with Crippen LogP contribution in [0.4, 0.5) is 13.2 Å². The van der Waals surface area contributed by atoms with Crippen LogP contribution < -0.4 is 0 Å². The summed E-state index contributed by atoms with van der Waals surface area (Å²) in [6, 6.07) is 0. The zero-order valence-corrected chi connectivity index (χ0v) is 7.31. The fraction of sp³-hybridized carbons (Fsp3) is 1.00. The van der Waals surface area contributed by atoms with Crippen LogP contribution in [0.3, 0.4) is 0 Å². The molecule has 0 heterocycles. The van der Waals surface area contributed by atoms with Gasteiger partial charge in [-0.1, -0.05) is 0 Å². The first-order valence-corrected chi connectivity index (χ1v) is 4.82. The zero-order valence-electron chi connectivity index (χ0n) is 5.74. The molecule has 7 heteroatoms. The van der Waals surface area contributed by atoms with Gasteiger partial charge in [0.15, 0.2) is 4.75 Å². The lowest BCUT2D eigenvalue weighted by Gasteiger charge is -2.23. The minimum atomic E-state index is -4.84. The molecule has 0 aliphatic carbocycles. The molecule has 0 rings (SSSR count). The maximum atomic E-state index is 11.9. The predicted octanol–water partition coefficient (Wildman–Crippen LogP) is 1.90. The van der Waals surface area contributed by atoms with E-state index in [2.05, 4.69) is 10.7 Å². The molecule has 0 radical (unpaired) electrons. The van der Waals surface area contributed by atoms with Crippen LogP contribution in [0.5, 0.6) is 0 Å². The second-order valence-corrected chi connectivity index (χ2v) is 5.56. The van der Waals surface area contributed by atoms with Crippen LogP contribution in [-0.4, -0.2) is 19.3 Å². The van der Waals surface area contributed by atoms with Crippen molar-refractivity contribution in [2.24, 2.45) is 0 Å². The molecule has 0 aromatic carbocycles. The highest BCUT2D eigenvalue weighted by atomic mass is 35.7. The van der Waals surface area contributed by atoms with E-state index in [0.717, 1.165) is 0 Å². The lowest BCUT2D eigenvalue weighted by Crippen LogP contribution is -2.44. The van der Waals surface area contributed by atoms with Crippen molar-refractivity contribution >= 4 is 19.7 Å². The highest BCUT2D eigenvalue weighted by Gasteiger charge is 2.56. The third kappa shape index (κ3) is 1.99. The minimum absolute atomic E-state index is 0.509. The number of halogens is 4. The molecule has 0 aliphatic rings. The third-order valence-electron chi connectivity index (χ3n) is 1.29. The number of hydrogen-bond acceptors (Lipinski definition) is 2. The number of hydrogen-bond donors (Lipinski definition) is 0. The van der Waals surface area contributed by atoms with Crippen LogP contribution in [0.2, 0.25) is 0 Å². The van der Waals surface area contributed by atoms with Crippen LogP contribution in [0.15, 0.2) is 0 Å². The lowest BCUT2D eigenvalue weighted by molar-refractivity contribution is -0.152. The van der Waals surface area contributed by atoms with E-state index in [1.54, 1.807) is 0 Å². The molecule has 0 aromatic heterocycles. The van der Waals surface area contributed by atoms with Crippen molar-refractivity contribution in [3.05, 3.63) is 0 Å². The molecular weight excluding hydrogens is 205 g/mol. The molecule has 0 amide bonds. The highest BCUT2D eigenvalue weighted by molar-refractivity contribution is 8.14. The Hall–Kier alpha value is 0.0300. The van der Waals surface area contributed by atoms with Crippen molar-refractivity contribution < 1.29 is 21.6 Å². The summed E-state index contributed by atoms with van der Waals surface area (Å²) in [6.45, 7) is 1.02. The summed E-state index contributed by atoms with van der Waals surface area (Å²) < 4.78 is 53.4. The van der Waals surface area contributed by atoms with Crippen molar-refractivity contribution in [2.45, 2.75) is 24.8 Å². The second kappa shape index (κ2) is 2.52. The van der Waals surface area contributed by atoms with Crippen LogP contribution in [0.25, 0.3) is 0 Å². The topological polar surface area (TPSA) is 34.1 Å². The summed E-state index contributed by atoms with van der Waals surface area (Å²) in [5, 5.41) is 0. The molecule has 0 unspecified atom stereocenters. The van der Waals surface area contributed by atoms with E-state index >= 15 is 0 Å². The van der Waals surface area contributed by atoms with Crippen molar-refractivity contribution in [3.63, 3.8) is 0 Å². The molecule has 0 saturated heterocycles. The van der Waals surface area contributed by atoms with E-state index in [9.17, 15) is 21.6 Å². The first-order valence-electron chi connectivity index (χ1n) is 2.51. The molecule has 0 fully saturated rings. The summed E-state index contributed by atoms with van der Waals surface area (Å²) in [4.78, 5) is 0. The molecule has 0 atom stereocenters. The summed E-state index contributed by atoms with van der Waals surface area (Å²) in [6.07, 6.45) is -4.84. The quantitative estimate of drug-likeness (QED) is 0.620. The molecule has 68 valence electrons. The average Bonchev–Trinajstić information content (AvgIpc) is 1.58. The van der Waals surface area contributed by atoms with Gasteiger partial charge in [-0.15, -0.1) is 0 Å². The van der Waals surface area contributed by atoms with Crippen molar-refractivity contribution in [1.82, 2.24) is 0 Å². The summed E-state index contributed by atoms with van der Waals surface area (Å²) in [5.74, 6) is 0. The molecule has 0 aromatic rings. The maximum Gasteiger partial charge on any atom is 0.408 e. The third-order valence-corrected chi connectivity index (χ3v) is 3.90. The number of rotatable bonds is 1. The average molecular weight is 211 g/mol. The normalized spacial score (nSPS) is 15.1. The van der Waals surface area contributed by atoms with Crippen LogP contribution >= 0.6 is 10.7 Å². The summed E-state index contributed by atoms with van der Waals surface area (Å²) in [5.41, 5.74) is 0. The Bertz CT molecular complexity index is 241. The first kappa shape index (κ1) is 11.0. The van der Waals surface area contributed by atoms with Gasteiger partial charge in [0.1, 0.15) is 0 Å². The zero-order chi connectivity index (χ0) is 9.50. The van der Waals surface area contributed by atoms with Gasteiger partial charge in [0, 0.05) is 10.7 Å². The largest absolute Gasteiger partial charge is 0.408 e. The van der Waals surface area contributed by atoms with Crippen LogP contribution in [0, 0.1) is 0 Å². The van der Waals surface area contributed by atoms with Crippen LogP contribution in [-0.2, 0) is 9.05 Å². The molecule has 2 nitrogen and oxygen atoms in total. The molecule has 11 heavy (non-hydrogen) atoms. The van der Waals surface area contributed by atoms with Gasteiger partial charge in [0.2, 0.25) is 9.05 Å². The standard InChI is InChI=1S/C4H6ClF3O2S/c1-3(2,4(6,7)8)11(5,9)10/h1-2H3. The molecule has 0 bridgehead atoms. The second-order valence-electron chi connectivity index (χ2n) is 2.45. The first-order chi connectivity index (χ1) is 4.50. The van der Waals surface area contributed by atoms with E-state index in [-0.39, 0.29) is 0 Å². The smallest absolute Gasteiger partial charge is 0.211 e. The Morgan fingerprint density at radius 1 is 1.18 bits per heavy atom. The van der Waals surface area contributed by atoms with Crippen LogP contribution in [0.1, 0.15) is 13.8 Å². The van der Waals surface area contributed by atoms with Gasteiger partial charge >= 0.3 is 6.18 Å². The van der Waals surface area contributed by atoms with Crippen molar-refractivity contribution in [3.8, 4) is 0 Å². The van der Waals surface area contributed by atoms with E-state index < -0.39 is 20.0 Å². The van der Waals surface area contributed by atoms with E-state index in [1.165, 1.54) is 0 Å². The molecular formula is C4H6ClF3O2S. The Morgan fingerprint density at radius 2 is 1.45 bits per heavy atom. The number of alkyl halides is 3. The fourth-order valence-electron chi connectivity index (χ4n) is 0.138. The Balaban J connectivity index is 5.08. The van der Waals surface area contributed by atoms with Gasteiger partial charge in [-0.25, -0.2) is 8.42 Å². The molecule has 0 spiro atoms. The minimum Gasteiger partial charge on any atom is -0.211 e. The fourth-order valence-corrected chi connectivity index (χ4v) is 0.677. The Labute approximate surface area is 66.8 Å². The van der Waals surface area contributed by atoms with Gasteiger partial charge in [0.25, 0.3) is 0 Å². The molecule has 0 aliphatic heterocycles.